The number of rotatable bonds is 2. The maximum absolute atomic E-state index is 12.1. The molecule has 0 fully saturated rings. The summed E-state index contributed by atoms with van der Waals surface area (Å²) in [6, 6.07) is 7.71. The zero-order valence-electron chi connectivity index (χ0n) is 9.79. The number of benzene rings is 1. The second-order valence-corrected chi connectivity index (χ2v) is 5.61. The molecular weight excluding hydrogens is 204 g/mol. The minimum Gasteiger partial charge on any atom is -0.288 e. The summed E-state index contributed by atoms with van der Waals surface area (Å²) in [5.74, 6) is 0.152. The lowest BCUT2D eigenvalue weighted by Crippen LogP contribution is -2.32. The summed E-state index contributed by atoms with van der Waals surface area (Å²) < 4.78 is 0. The second-order valence-electron chi connectivity index (χ2n) is 5.03. The van der Waals surface area contributed by atoms with Crippen molar-refractivity contribution in [1.29, 1.82) is 0 Å². The molecule has 15 heavy (non-hydrogen) atoms. The van der Waals surface area contributed by atoms with Gasteiger partial charge in [-0.3, -0.25) is 4.79 Å². The van der Waals surface area contributed by atoms with E-state index in [0.29, 0.717) is 0 Å². The minimum atomic E-state index is -0.139. The third-order valence-corrected chi connectivity index (χ3v) is 3.59. The lowest BCUT2D eigenvalue weighted by molar-refractivity contribution is 0.0951. The van der Waals surface area contributed by atoms with Crippen LogP contribution in [0.25, 0.3) is 0 Å². The van der Waals surface area contributed by atoms with Crippen LogP contribution in [0.4, 0.5) is 0 Å². The van der Waals surface area contributed by atoms with Gasteiger partial charge in [0.1, 0.15) is 0 Å². The molecule has 1 aromatic carbocycles. The Hall–Kier alpha value is -0.760. The van der Waals surface area contributed by atoms with Gasteiger partial charge in [-0.2, -0.15) is 0 Å². The first kappa shape index (κ1) is 12.3. The fraction of sp³-hybridized carbons (Fsp3) is 0.462. The summed E-state index contributed by atoms with van der Waals surface area (Å²) in [5, 5.41) is -0.139. The number of ketones is 1. The van der Waals surface area contributed by atoms with Crippen molar-refractivity contribution in [3.8, 4) is 0 Å². The highest BCUT2D eigenvalue weighted by molar-refractivity contribution is 7.60. The van der Waals surface area contributed by atoms with E-state index >= 15 is 0 Å². The number of hydrogen-bond donors (Lipinski definition) is 0. The molecule has 0 spiro atoms. The lowest BCUT2D eigenvalue weighted by Gasteiger charge is -2.20. The van der Waals surface area contributed by atoms with Gasteiger partial charge in [-0.25, -0.2) is 0 Å². The van der Waals surface area contributed by atoms with Crippen LogP contribution in [-0.2, 0) is 12.6 Å². The van der Waals surface area contributed by atoms with E-state index in [1.54, 1.807) is 0 Å². The van der Waals surface area contributed by atoms with Crippen LogP contribution in [0, 0.1) is 12.3 Å². The van der Waals surface area contributed by atoms with Gasteiger partial charge in [-0.05, 0) is 19.6 Å². The predicted octanol–water partition coefficient (Wildman–Crippen LogP) is 2.60. The maximum Gasteiger partial charge on any atom is 0.215 e. The minimum absolute atomic E-state index is 0.0567. The average Bonchev–Trinajstić information content (AvgIpc) is 2.15. The Morgan fingerprint density at radius 2 is 1.67 bits per heavy atom. The Balaban J connectivity index is 2.90. The van der Waals surface area contributed by atoms with Gasteiger partial charge in [0.15, 0.2) is 5.25 Å². The molecule has 1 nitrogen and oxygen atoms in total. The zero-order valence-corrected chi connectivity index (χ0v) is 10.8. The van der Waals surface area contributed by atoms with Crippen LogP contribution in [-0.4, -0.2) is 11.0 Å². The van der Waals surface area contributed by atoms with E-state index < -0.39 is 0 Å². The fourth-order valence-corrected chi connectivity index (χ4v) is 1.44. The first-order valence-electron chi connectivity index (χ1n) is 5.14. The van der Waals surface area contributed by atoms with Crippen LogP contribution in [0.2, 0.25) is 0 Å². The van der Waals surface area contributed by atoms with Crippen LogP contribution < -0.4 is 0 Å². The third kappa shape index (κ3) is 3.10. The van der Waals surface area contributed by atoms with E-state index in [-0.39, 0.29) is 16.4 Å². The quantitative estimate of drug-likeness (QED) is 0.556. The van der Waals surface area contributed by atoms with Crippen molar-refractivity contribution < 1.29 is 4.79 Å². The van der Waals surface area contributed by atoms with Gasteiger partial charge in [0.05, 0.1) is 0 Å². The largest absolute Gasteiger partial charge is 0.288 e. The highest BCUT2D eigenvalue weighted by Crippen LogP contribution is 2.23. The SMILES string of the molecule is Cc1ccc(C(=O)[C@@H]([SH2+])C(C)(C)C)cc1. The predicted molar refractivity (Wildman–Crippen MR) is 68.9 cm³/mol. The van der Waals surface area contributed by atoms with Gasteiger partial charge in [-0.15, -0.1) is 0 Å². The van der Waals surface area contributed by atoms with Gasteiger partial charge in [-0.1, -0.05) is 50.6 Å². The van der Waals surface area contributed by atoms with E-state index in [0.717, 1.165) is 5.56 Å². The van der Waals surface area contributed by atoms with Crippen LogP contribution in [0.1, 0.15) is 36.7 Å². The molecule has 82 valence electrons. The van der Waals surface area contributed by atoms with Crippen molar-refractivity contribution in [2.75, 3.05) is 0 Å². The number of Topliss-reactive ketones (excluding diaryl/α,β-unsaturated/α-hetero) is 1. The average molecular weight is 223 g/mol. The molecule has 0 saturated carbocycles. The summed E-state index contributed by atoms with van der Waals surface area (Å²) in [7, 11) is 0. The fourth-order valence-electron chi connectivity index (χ4n) is 1.28. The Bertz CT molecular complexity index is 346. The highest BCUT2D eigenvalue weighted by Gasteiger charge is 2.33. The van der Waals surface area contributed by atoms with Gasteiger partial charge in [0.2, 0.25) is 5.78 Å². The van der Waals surface area contributed by atoms with E-state index in [1.165, 1.54) is 5.56 Å². The molecule has 0 bridgehead atoms. The van der Waals surface area contributed by atoms with Gasteiger partial charge >= 0.3 is 0 Å². The van der Waals surface area contributed by atoms with Crippen LogP contribution >= 0.6 is 0 Å². The van der Waals surface area contributed by atoms with Gasteiger partial charge in [0.25, 0.3) is 0 Å². The van der Waals surface area contributed by atoms with E-state index in [4.69, 9.17) is 0 Å². The molecule has 1 rings (SSSR count). The molecule has 0 aromatic heterocycles. The molecular formula is C13H19OS+. The van der Waals surface area contributed by atoms with Crippen molar-refractivity contribution in [3.63, 3.8) is 0 Å². The second kappa shape index (κ2) is 4.40. The van der Waals surface area contributed by atoms with Crippen molar-refractivity contribution in [3.05, 3.63) is 35.4 Å². The summed E-state index contributed by atoms with van der Waals surface area (Å²) >= 11 is 3.52. The Morgan fingerprint density at radius 3 is 2.07 bits per heavy atom. The molecule has 0 heterocycles. The van der Waals surface area contributed by atoms with E-state index in [1.807, 2.05) is 31.2 Å². The first-order valence-corrected chi connectivity index (χ1v) is 5.72. The Labute approximate surface area is 97.3 Å². The molecule has 0 N–H and O–H groups in total. The highest BCUT2D eigenvalue weighted by atomic mass is 32.1. The Kier molecular flexibility index (Phi) is 3.61. The van der Waals surface area contributed by atoms with Crippen molar-refractivity contribution in [2.24, 2.45) is 5.41 Å². The topological polar surface area (TPSA) is 17.1 Å². The molecule has 1 aromatic rings. The number of aryl methyl sites for hydroxylation is 1. The summed E-state index contributed by atoms with van der Waals surface area (Å²) in [6.07, 6.45) is 0. The molecule has 0 amide bonds. The van der Waals surface area contributed by atoms with Crippen LogP contribution in [0.15, 0.2) is 24.3 Å². The normalized spacial score (nSPS) is 13.7. The standard InChI is InChI=1S/C13H18OS/c1-9-5-7-10(8-6-9)11(14)12(15)13(2,3)4/h5-8,12,15H,1-4H3/p+1/t12-/m1/s1. The Morgan fingerprint density at radius 1 is 1.20 bits per heavy atom. The smallest absolute Gasteiger partial charge is 0.215 e. The van der Waals surface area contributed by atoms with Gasteiger partial charge in [0, 0.05) is 11.0 Å². The van der Waals surface area contributed by atoms with E-state index in [9.17, 15) is 4.79 Å². The number of hydrogen-bond acceptors (Lipinski definition) is 1. The van der Waals surface area contributed by atoms with Crippen molar-refractivity contribution in [1.82, 2.24) is 0 Å². The molecule has 0 aliphatic heterocycles. The van der Waals surface area contributed by atoms with Crippen molar-refractivity contribution >= 4 is 18.4 Å². The van der Waals surface area contributed by atoms with Crippen molar-refractivity contribution in [2.45, 2.75) is 32.9 Å². The summed E-state index contributed by atoms with van der Waals surface area (Å²) in [4.78, 5) is 12.1. The number of carbonyl (C=O) groups is 1. The summed E-state index contributed by atoms with van der Waals surface area (Å²) in [6.45, 7) is 8.17. The summed E-state index contributed by atoms with van der Waals surface area (Å²) in [5.41, 5.74) is 1.89. The molecule has 0 radical (unpaired) electrons. The third-order valence-electron chi connectivity index (χ3n) is 2.46. The zero-order chi connectivity index (χ0) is 11.6. The lowest BCUT2D eigenvalue weighted by atomic mass is 9.87. The van der Waals surface area contributed by atoms with E-state index in [2.05, 4.69) is 33.4 Å². The molecule has 0 unspecified atom stereocenters. The molecule has 1 atom stereocenters. The maximum atomic E-state index is 12.1. The molecule has 0 saturated heterocycles. The first-order chi connectivity index (χ1) is 6.82. The van der Waals surface area contributed by atoms with Crippen LogP contribution in [0.3, 0.4) is 0 Å². The van der Waals surface area contributed by atoms with Gasteiger partial charge < -0.3 is 0 Å². The number of carbonyl (C=O) groups excluding carboxylic acids is 1. The van der Waals surface area contributed by atoms with Crippen LogP contribution in [0.5, 0.6) is 0 Å². The molecule has 2 heteroatoms. The molecule has 0 aliphatic carbocycles. The monoisotopic (exact) mass is 223 g/mol. The molecule has 0 aliphatic rings.